The normalized spacial score (nSPS) is 11.9. The van der Waals surface area contributed by atoms with E-state index in [0.29, 0.717) is 5.92 Å². The average Bonchev–Trinajstić information content (AvgIpc) is 2.54. The van der Waals surface area contributed by atoms with E-state index in [1.54, 1.807) is 0 Å². The van der Waals surface area contributed by atoms with Crippen molar-refractivity contribution in [1.29, 1.82) is 0 Å². The van der Waals surface area contributed by atoms with Gasteiger partial charge in [-0.2, -0.15) is 0 Å². The molecule has 0 fully saturated rings. The molecule has 0 spiro atoms. The first-order chi connectivity index (χ1) is 11.5. The van der Waals surface area contributed by atoms with Gasteiger partial charge in [0.1, 0.15) is 0 Å². The zero-order valence-corrected chi connectivity index (χ0v) is 14.7. The van der Waals surface area contributed by atoms with E-state index in [0.717, 1.165) is 23.1 Å². The van der Waals surface area contributed by atoms with E-state index in [9.17, 15) is 0 Å². The van der Waals surface area contributed by atoms with Gasteiger partial charge >= 0.3 is 0 Å². The summed E-state index contributed by atoms with van der Waals surface area (Å²) in [6.07, 6.45) is 2.91. The number of hydrogen-bond acceptors (Lipinski definition) is 2. The minimum atomic E-state index is 0.576. The van der Waals surface area contributed by atoms with Gasteiger partial charge in [-0.15, -0.1) is 0 Å². The van der Waals surface area contributed by atoms with Gasteiger partial charge in [0.2, 0.25) is 0 Å². The highest BCUT2D eigenvalue weighted by Gasteiger charge is 2.12. The highest BCUT2D eigenvalue weighted by atomic mass is 14.8. The van der Waals surface area contributed by atoms with Gasteiger partial charge in [0.05, 0.1) is 16.7 Å². The lowest BCUT2D eigenvalue weighted by Crippen LogP contribution is -2.00. The molecule has 120 valence electrons. The van der Waals surface area contributed by atoms with Crippen molar-refractivity contribution in [1.82, 2.24) is 9.97 Å². The lowest BCUT2D eigenvalue weighted by molar-refractivity contribution is 0.635. The summed E-state index contributed by atoms with van der Waals surface area (Å²) in [6.45, 7) is 8.71. The molecule has 0 atom stereocenters. The second-order valence-corrected chi connectivity index (χ2v) is 7.25. The minimum absolute atomic E-state index is 0.576. The summed E-state index contributed by atoms with van der Waals surface area (Å²) in [4.78, 5) is 9.82. The number of fused-ring (bicyclic) bond motifs is 6. The Kier molecular flexibility index (Phi) is 3.49. The van der Waals surface area contributed by atoms with Crippen molar-refractivity contribution in [2.75, 3.05) is 0 Å². The smallest absolute Gasteiger partial charge is 0.0975 e. The van der Waals surface area contributed by atoms with E-state index in [2.05, 4.69) is 64.1 Å². The average molecular weight is 314 g/mol. The second-order valence-electron chi connectivity index (χ2n) is 7.25. The summed E-state index contributed by atoms with van der Waals surface area (Å²) < 4.78 is 0. The number of aromatic nitrogens is 2. The standard InChI is InChI=1S/C22H22N2/c1-13(2)9-16-12-23-21-19-10-14(3)5-7-17(19)18-8-6-15(4)11-20(18)22(21)24-16/h5-8,10-13H,9H2,1-4H3. The third-order valence-corrected chi connectivity index (χ3v) is 4.59. The van der Waals surface area contributed by atoms with Crippen molar-refractivity contribution in [3.8, 4) is 0 Å². The first-order valence-corrected chi connectivity index (χ1v) is 8.61. The molecule has 0 bridgehead atoms. The Morgan fingerprint density at radius 2 is 1.38 bits per heavy atom. The van der Waals surface area contributed by atoms with Crippen LogP contribution >= 0.6 is 0 Å². The molecular formula is C22H22N2. The Bertz CT molecular complexity index is 1080. The van der Waals surface area contributed by atoms with Crippen LogP contribution < -0.4 is 0 Å². The number of benzene rings is 3. The first kappa shape index (κ1) is 15.1. The topological polar surface area (TPSA) is 25.8 Å². The predicted octanol–water partition coefficient (Wildman–Crippen LogP) is 5.75. The number of nitrogens with zero attached hydrogens (tertiary/aromatic N) is 2. The Balaban J connectivity index is 2.19. The fourth-order valence-corrected chi connectivity index (χ4v) is 3.50. The fraction of sp³-hybridized carbons (Fsp3) is 0.273. The lowest BCUT2D eigenvalue weighted by Gasteiger charge is -2.12. The molecule has 0 radical (unpaired) electrons. The molecule has 0 saturated carbocycles. The van der Waals surface area contributed by atoms with E-state index in [-0.39, 0.29) is 0 Å². The van der Waals surface area contributed by atoms with Gasteiger partial charge in [0.15, 0.2) is 0 Å². The summed E-state index contributed by atoms with van der Waals surface area (Å²) in [6, 6.07) is 13.3. The van der Waals surface area contributed by atoms with Crippen LogP contribution in [0.5, 0.6) is 0 Å². The maximum Gasteiger partial charge on any atom is 0.0975 e. The molecule has 3 aromatic carbocycles. The van der Waals surface area contributed by atoms with Gasteiger partial charge in [-0.3, -0.25) is 4.98 Å². The molecule has 4 aromatic rings. The zero-order chi connectivity index (χ0) is 16.8. The number of aryl methyl sites for hydroxylation is 2. The van der Waals surface area contributed by atoms with E-state index in [1.807, 2.05) is 6.20 Å². The molecule has 24 heavy (non-hydrogen) atoms. The van der Waals surface area contributed by atoms with Gasteiger partial charge < -0.3 is 0 Å². The van der Waals surface area contributed by atoms with Crippen LogP contribution in [0.2, 0.25) is 0 Å². The van der Waals surface area contributed by atoms with Crippen molar-refractivity contribution in [2.45, 2.75) is 34.1 Å². The molecule has 0 saturated heterocycles. The quantitative estimate of drug-likeness (QED) is 0.440. The third-order valence-electron chi connectivity index (χ3n) is 4.59. The van der Waals surface area contributed by atoms with Crippen molar-refractivity contribution in [3.63, 3.8) is 0 Å². The van der Waals surface area contributed by atoms with Crippen molar-refractivity contribution in [2.24, 2.45) is 5.92 Å². The van der Waals surface area contributed by atoms with Gasteiger partial charge in [0.25, 0.3) is 0 Å². The van der Waals surface area contributed by atoms with Crippen molar-refractivity contribution >= 4 is 32.6 Å². The molecule has 1 heterocycles. The molecule has 1 aromatic heterocycles. The summed E-state index contributed by atoms with van der Waals surface area (Å²) in [5.74, 6) is 0.576. The zero-order valence-electron chi connectivity index (χ0n) is 14.7. The van der Waals surface area contributed by atoms with Gasteiger partial charge in [0, 0.05) is 17.0 Å². The SMILES string of the molecule is Cc1ccc2c3ccc(C)cc3c3nc(CC(C)C)cnc3c2c1. The Labute approximate surface area is 142 Å². The van der Waals surface area contributed by atoms with Gasteiger partial charge in [-0.05, 0) is 49.1 Å². The molecule has 4 rings (SSSR count). The van der Waals surface area contributed by atoms with Crippen LogP contribution in [0.3, 0.4) is 0 Å². The minimum Gasteiger partial charge on any atom is -0.252 e. The van der Waals surface area contributed by atoms with E-state index < -0.39 is 0 Å². The molecular weight excluding hydrogens is 292 g/mol. The van der Waals surface area contributed by atoms with E-state index in [1.165, 1.54) is 32.7 Å². The molecule has 0 unspecified atom stereocenters. The molecule has 0 amide bonds. The summed E-state index contributed by atoms with van der Waals surface area (Å²) >= 11 is 0. The maximum atomic E-state index is 5.00. The van der Waals surface area contributed by atoms with Crippen LogP contribution in [0.15, 0.2) is 42.6 Å². The van der Waals surface area contributed by atoms with Crippen LogP contribution in [-0.4, -0.2) is 9.97 Å². The fourth-order valence-electron chi connectivity index (χ4n) is 3.50. The summed E-state index contributed by atoms with van der Waals surface area (Å²) in [5, 5.41) is 4.93. The van der Waals surface area contributed by atoms with Crippen LogP contribution in [0.1, 0.15) is 30.7 Å². The predicted molar refractivity (Wildman–Crippen MR) is 103 cm³/mol. The Morgan fingerprint density at radius 3 is 1.96 bits per heavy atom. The summed E-state index contributed by atoms with van der Waals surface area (Å²) in [7, 11) is 0. The van der Waals surface area contributed by atoms with E-state index in [4.69, 9.17) is 9.97 Å². The van der Waals surface area contributed by atoms with Crippen LogP contribution in [-0.2, 0) is 6.42 Å². The highest BCUT2D eigenvalue weighted by Crippen LogP contribution is 2.34. The maximum absolute atomic E-state index is 5.00. The molecule has 0 N–H and O–H groups in total. The van der Waals surface area contributed by atoms with Gasteiger partial charge in [-0.1, -0.05) is 49.2 Å². The molecule has 2 nitrogen and oxygen atoms in total. The largest absolute Gasteiger partial charge is 0.252 e. The highest BCUT2D eigenvalue weighted by molar-refractivity contribution is 6.23. The van der Waals surface area contributed by atoms with E-state index >= 15 is 0 Å². The lowest BCUT2D eigenvalue weighted by atomic mass is 9.96. The summed E-state index contributed by atoms with van der Waals surface area (Å²) in [5.41, 5.74) is 5.63. The third kappa shape index (κ3) is 2.43. The van der Waals surface area contributed by atoms with Crippen LogP contribution in [0, 0.1) is 19.8 Å². The second kappa shape index (κ2) is 5.55. The van der Waals surface area contributed by atoms with Crippen LogP contribution in [0.4, 0.5) is 0 Å². The molecule has 0 aliphatic rings. The monoisotopic (exact) mass is 314 g/mol. The number of hydrogen-bond donors (Lipinski definition) is 0. The van der Waals surface area contributed by atoms with Crippen molar-refractivity contribution < 1.29 is 0 Å². The van der Waals surface area contributed by atoms with Gasteiger partial charge in [-0.25, -0.2) is 4.98 Å². The number of rotatable bonds is 2. The molecule has 2 heteroatoms. The Hall–Kier alpha value is -2.48. The Morgan fingerprint density at radius 1 is 0.792 bits per heavy atom. The molecule has 0 aliphatic carbocycles. The first-order valence-electron chi connectivity index (χ1n) is 8.61. The van der Waals surface area contributed by atoms with Crippen LogP contribution in [0.25, 0.3) is 32.6 Å². The molecule has 0 aliphatic heterocycles. The van der Waals surface area contributed by atoms with Crippen molar-refractivity contribution in [3.05, 3.63) is 59.4 Å².